The van der Waals surface area contributed by atoms with Gasteiger partial charge in [0.25, 0.3) is 0 Å². The molecule has 0 aliphatic carbocycles. The lowest BCUT2D eigenvalue weighted by Gasteiger charge is -1.85. The van der Waals surface area contributed by atoms with Crippen LogP contribution >= 0.6 is 0 Å². The molecule has 0 spiro atoms. The molecule has 0 saturated carbocycles. The van der Waals surface area contributed by atoms with Crippen LogP contribution in [-0.4, -0.2) is 5.78 Å². The normalized spacial score (nSPS) is 9.27. The van der Waals surface area contributed by atoms with Gasteiger partial charge in [0.05, 0.1) is 0 Å². The van der Waals surface area contributed by atoms with Crippen LogP contribution in [0.15, 0.2) is 79.4 Å². The summed E-state index contributed by atoms with van der Waals surface area (Å²) in [6.45, 7) is 10.3. The average Bonchev–Trinajstić information content (AvgIpc) is 2.52. The molecule has 1 aromatic carbocycles. The first kappa shape index (κ1) is 19.0. The second-order valence-corrected chi connectivity index (χ2v) is 4.00. The average molecular weight is 288 g/mol. The predicted molar refractivity (Wildman–Crippen MR) is 95.1 cm³/mol. The maximum Gasteiger partial charge on any atom is 0.202 e. The minimum atomic E-state index is -0.151. The first-order chi connectivity index (χ1) is 10.6. The van der Waals surface area contributed by atoms with Crippen LogP contribution in [0.3, 0.4) is 0 Å². The first-order valence-corrected chi connectivity index (χ1v) is 6.76. The summed E-state index contributed by atoms with van der Waals surface area (Å²) in [7, 11) is 0. The van der Waals surface area contributed by atoms with Crippen molar-refractivity contribution >= 4 is 5.78 Å². The highest BCUT2D eigenvalue weighted by Crippen LogP contribution is 1.95. The van der Waals surface area contributed by atoms with Gasteiger partial charge in [0.1, 0.15) is 0 Å². The van der Waals surface area contributed by atoms with Crippen molar-refractivity contribution in [3.05, 3.63) is 85.0 Å². The third-order valence-corrected chi connectivity index (χ3v) is 2.14. The Balaban J connectivity index is 0.000000425. The van der Waals surface area contributed by atoms with Gasteiger partial charge in [-0.1, -0.05) is 61.4 Å². The fourth-order valence-electron chi connectivity index (χ4n) is 1.26. The van der Waals surface area contributed by atoms with E-state index in [0.29, 0.717) is 0 Å². The molecule has 0 unspecified atom stereocenters. The van der Waals surface area contributed by atoms with Gasteiger partial charge in [-0.3, -0.25) is 4.79 Å². The first-order valence-electron chi connectivity index (χ1n) is 6.76. The number of carbonyl (C=O) groups is 1. The van der Waals surface area contributed by atoms with E-state index in [2.05, 4.69) is 36.8 Å². The van der Waals surface area contributed by atoms with Crippen LogP contribution in [0.25, 0.3) is 0 Å². The Kier molecular flexibility index (Phi) is 11.2. The molecule has 1 nitrogen and oxygen atoms in total. The number of rotatable bonds is 3. The van der Waals surface area contributed by atoms with E-state index in [0.717, 1.165) is 11.1 Å². The summed E-state index contributed by atoms with van der Waals surface area (Å²) >= 11 is 0. The van der Waals surface area contributed by atoms with Crippen LogP contribution in [0.2, 0.25) is 0 Å². The van der Waals surface area contributed by atoms with Crippen molar-refractivity contribution in [2.75, 3.05) is 0 Å². The maximum absolute atomic E-state index is 10.6. The molecule has 0 atom stereocenters. The molecule has 1 heteroatoms. The van der Waals surface area contributed by atoms with E-state index < -0.39 is 0 Å². The summed E-state index contributed by atoms with van der Waals surface area (Å²) < 4.78 is 0. The number of benzene rings is 1. The largest absolute Gasteiger partial charge is 0.285 e. The Morgan fingerprint density at radius 1 is 1.09 bits per heavy atom. The van der Waals surface area contributed by atoms with Gasteiger partial charge in [0.2, 0.25) is 5.78 Å². The zero-order chi connectivity index (χ0) is 16.6. The lowest BCUT2D eigenvalue weighted by molar-refractivity contribution is -0.111. The standard InChI is InChI=1S/C12H12O.C9H8/c1-4-6-8-12(7-5-2)10-9-11(3)13;1-2-6-9-7-4-3-5-8-9/h4-8H,1-2H2,3H3;3-5,7-8H,1H3/b8-6-,12-7+;. The molecule has 1 rings (SSSR count). The van der Waals surface area contributed by atoms with Crippen molar-refractivity contribution in [1.82, 2.24) is 0 Å². The molecule has 0 heterocycles. The van der Waals surface area contributed by atoms with Crippen molar-refractivity contribution in [2.45, 2.75) is 13.8 Å². The van der Waals surface area contributed by atoms with Crippen molar-refractivity contribution in [3.8, 4) is 23.7 Å². The zero-order valence-corrected chi connectivity index (χ0v) is 13.1. The summed E-state index contributed by atoms with van der Waals surface area (Å²) in [6, 6.07) is 9.95. The molecule has 0 fully saturated rings. The van der Waals surface area contributed by atoms with Crippen molar-refractivity contribution in [1.29, 1.82) is 0 Å². The Morgan fingerprint density at radius 3 is 2.27 bits per heavy atom. The fraction of sp³-hybridized carbons (Fsp3) is 0.0952. The number of allylic oxidation sites excluding steroid dienone is 6. The molecular weight excluding hydrogens is 268 g/mol. The Bertz CT molecular complexity index is 665. The van der Waals surface area contributed by atoms with Gasteiger partial charge in [-0.05, 0) is 37.1 Å². The number of Topliss-reactive ketones (excluding diaryl/α,β-unsaturated/α-hetero) is 1. The molecule has 0 N–H and O–H groups in total. The Hall–Kier alpha value is -3.03. The van der Waals surface area contributed by atoms with Crippen LogP contribution in [0, 0.1) is 23.7 Å². The highest BCUT2D eigenvalue weighted by atomic mass is 16.1. The fourth-order valence-corrected chi connectivity index (χ4v) is 1.26. The summed E-state index contributed by atoms with van der Waals surface area (Å²) in [6.07, 6.45) is 8.52. The quantitative estimate of drug-likeness (QED) is 0.455. The van der Waals surface area contributed by atoms with Gasteiger partial charge in [0, 0.05) is 18.1 Å². The van der Waals surface area contributed by atoms with Gasteiger partial charge in [-0.25, -0.2) is 0 Å². The molecule has 1 aromatic rings. The monoisotopic (exact) mass is 288 g/mol. The SMILES string of the molecule is C=C/C=C\C(C#CC(C)=O)=C/C=C.CC#Cc1ccccc1. The van der Waals surface area contributed by atoms with E-state index in [1.807, 2.05) is 37.3 Å². The molecule has 0 aliphatic heterocycles. The van der Waals surface area contributed by atoms with Gasteiger partial charge >= 0.3 is 0 Å². The predicted octanol–water partition coefficient (Wildman–Crippen LogP) is 4.49. The third kappa shape index (κ3) is 10.9. The van der Waals surface area contributed by atoms with Crippen LogP contribution in [0.4, 0.5) is 0 Å². The van der Waals surface area contributed by atoms with Crippen molar-refractivity contribution in [3.63, 3.8) is 0 Å². The summed E-state index contributed by atoms with van der Waals surface area (Å²) in [5, 5.41) is 0. The van der Waals surface area contributed by atoms with Crippen molar-refractivity contribution in [2.24, 2.45) is 0 Å². The molecule has 0 aliphatic rings. The highest BCUT2D eigenvalue weighted by Gasteiger charge is 1.83. The minimum absolute atomic E-state index is 0.151. The molecular formula is C21H20O. The van der Waals surface area contributed by atoms with Gasteiger partial charge in [0.15, 0.2) is 0 Å². The second-order valence-electron chi connectivity index (χ2n) is 4.00. The van der Waals surface area contributed by atoms with E-state index in [4.69, 9.17) is 0 Å². The van der Waals surface area contributed by atoms with E-state index in [1.165, 1.54) is 6.92 Å². The van der Waals surface area contributed by atoms with Crippen LogP contribution in [-0.2, 0) is 4.79 Å². The van der Waals surface area contributed by atoms with Gasteiger partial charge in [-0.15, -0.1) is 5.92 Å². The van der Waals surface area contributed by atoms with E-state index in [-0.39, 0.29) is 5.78 Å². The van der Waals surface area contributed by atoms with Gasteiger partial charge < -0.3 is 0 Å². The summed E-state index contributed by atoms with van der Waals surface area (Å²) in [5.41, 5.74) is 1.82. The number of hydrogen-bond acceptors (Lipinski definition) is 1. The van der Waals surface area contributed by atoms with Crippen LogP contribution in [0.1, 0.15) is 19.4 Å². The molecule has 0 bridgehead atoms. The second kappa shape index (κ2) is 13.0. The maximum atomic E-state index is 10.6. The number of carbonyl (C=O) groups excluding carboxylic acids is 1. The van der Waals surface area contributed by atoms with E-state index in [1.54, 1.807) is 30.4 Å². The summed E-state index contributed by atoms with van der Waals surface area (Å²) in [5.74, 6) is 10.8. The Labute approximate surface area is 133 Å². The van der Waals surface area contributed by atoms with Gasteiger partial charge in [-0.2, -0.15) is 0 Å². The number of ketones is 1. The van der Waals surface area contributed by atoms with E-state index in [9.17, 15) is 4.79 Å². The van der Waals surface area contributed by atoms with Crippen LogP contribution < -0.4 is 0 Å². The topological polar surface area (TPSA) is 17.1 Å². The third-order valence-electron chi connectivity index (χ3n) is 2.14. The smallest absolute Gasteiger partial charge is 0.202 e. The van der Waals surface area contributed by atoms with Crippen molar-refractivity contribution < 1.29 is 4.79 Å². The molecule has 0 radical (unpaired) electrons. The molecule has 0 saturated heterocycles. The lowest BCUT2D eigenvalue weighted by atomic mass is 10.2. The van der Waals surface area contributed by atoms with Crippen LogP contribution in [0.5, 0.6) is 0 Å². The highest BCUT2D eigenvalue weighted by molar-refractivity contribution is 5.93. The molecule has 110 valence electrons. The van der Waals surface area contributed by atoms with E-state index >= 15 is 0 Å². The molecule has 0 amide bonds. The zero-order valence-electron chi connectivity index (χ0n) is 13.1. The summed E-state index contributed by atoms with van der Waals surface area (Å²) in [4.78, 5) is 10.6. The lowest BCUT2D eigenvalue weighted by Crippen LogP contribution is -1.81. The molecule has 22 heavy (non-hydrogen) atoms. The Morgan fingerprint density at radius 2 is 1.77 bits per heavy atom. The number of hydrogen-bond donors (Lipinski definition) is 0. The molecule has 0 aromatic heterocycles. The minimum Gasteiger partial charge on any atom is -0.285 e.